The lowest BCUT2D eigenvalue weighted by Gasteiger charge is -2.31. The van der Waals surface area contributed by atoms with E-state index in [1.807, 2.05) is 56.3 Å². The number of aromatic nitrogens is 2. The Bertz CT molecular complexity index is 1240. The molecule has 0 N–H and O–H groups in total. The van der Waals surface area contributed by atoms with Gasteiger partial charge in [0, 0.05) is 24.5 Å². The van der Waals surface area contributed by atoms with Crippen molar-refractivity contribution in [1.29, 1.82) is 0 Å². The standard InChI is InChI=1S/C32H45ClN4O2/c1-5-6-7-8-9-10-11-12-13-18-30(38)36(24-23-35(3)4)25(2)31-34-29-17-15-14-16-28(29)32(39)37(31)27-21-19-26(33)20-22-27/h14-17,19-22,25H,5-13,18,23-24H2,1-4H3. The van der Waals surface area contributed by atoms with Crippen LogP contribution in [0.2, 0.25) is 5.02 Å². The van der Waals surface area contributed by atoms with E-state index >= 15 is 0 Å². The van der Waals surface area contributed by atoms with Gasteiger partial charge in [-0.05, 0) is 63.8 Å². The van der Waals surface area contributed by atoms with Crippen LogP contribution in [0.1, 0.15) is 89.9 Å². The van der Waals surface area contributed by atoms with Crippen molar-refractivity contribution in [2.24, 2.45) is 0 Å². The fourth-order valence-corrected chi connectivity index (χ4v) is 5.11. The summed E-state index contributed by atoms with van der Waals surface area (Å²) in [5, 5.41) is 1.14. The second-order valence-corrected chi connectivity index (χ2v) is 11.2. The number of unbranched alkanes of at least 4 members (excludes halogenated alkanes) is 8. The number of halogens is 1. The van der Waals surface area contributed by atoms with Crippen LogP contribution in [0.25, 0.3) is 16.6 Å². The smallest absolute Gasteiger partial charge is 0.266 e. The summed E-state index contributed by atoms with van der Waals surface area (Å²) in [7, 11) is 4.01. The van der Waals surface area contributed by atoms with E-state index in [-0.39, 0.29) is 17.5 Å². The molecule has 0 bridgehead atoms. The lowest BCUT2D eigenvalue weighted by Crippen LogP contribution is -2.40. The van der Waals surface area contributed by atoms with Crippen molar-refractivity contribution >= 4 is 28.4 Å². The molecule has 0 fully saturated rings. The molecular weight excluding hydrogens is 508 g/mol. The molecule has 0 saturated carbocycles. The molecule has 2 aromatic carbocycles. The summed E-state index contributed by atoms with van der Waals surface area (Å²) in [5.41, 5.74) is 1.17. The van der Waals surface area contributed by atoms with E-state index in [4.69, 9.17) is 16.6 Å². The lowest BCUT2D eigenvalue weighted by atomic mass is 10.1. The van der Waals surface area contributed by atoms with Crippen LogP contribution in [0.4, 0.5) is 0 Å². The Kier molecular flexibility index (Phi) is 12.5. The van der Waals surface area contributed by atoms with Crippen LogP contribution >= 0.6 is 11.6 Å². The predicted octanol–water partition coefficient (Wildman–Crippen LogP) is 7.41. The first kappa shape index (κ1) is 30.8. The Hall–Kier alpha value is -2.70. The van der Waals surface area contributed by atoms with Crippen molar-refractivity contribution in [2.45, 2.75) is 84.1 Å². The number of carbonyl (C=O) groups excluding carboxylic acids is 1. The number of fused-ring (bicyclic) bond motifs is 1. The third kappa shape index (κ3) is 8.91. The molecule has 1 atom stereocenters. The normalized spacial score (nSPS) is 12.3. The van der Waals surface area contributed by atoms with Gasteiger partial charge in [-0.25, -0.2) is 4.98 Å². The molecule has 3 rings (SSSR count). The minimum Gasteiger partial charge on any atom is -0.331 e. The molecular formula is C32H45ClN4O2. The summed E-state index contributed by atoms with van der Waals surface area (Å²) in [4.78, 5) is 36.2. The number of likely N-dealkylation sites (N-methyl/N-ethyl adjacent to an activating group) is 1. The van der Waals surface area contributed by atoms with Gasteiger partial charge in [0.05, 0.1) is 22.6 Å². The van der Waals surface area contributed by atoms with Crippen molar-refractivity contribution in [1.82, 2.24) is 19.4 Å². The molecule has 0 aliphatic heterocycles. The first-order valence-corrected chi connectivity index (χ1v) is 14.9. The third-order valence-electron chi connectivity index (χ3n) is 7.33. The van der Waals surface area contributed by atoms with Crippen LogP contribution < -0.4 is 5.56 Å². The highest BCUT2D eigenvalue weighted by atomic mass is 35.5. The van der Waals surface area contributed by atoms with Gasteiger partial charge in [0.25, 0.3) is 5.56 Å². The molecule has 7 heteroatoms. The zero-order valence-electron chi connectivity index (χ0n) is 24.2. The zero-order valence-corrected chi connectivity index (χ0v) is 24.9. The summed E-state index contributed by atoms with van der Waals surface area (Å²) in [5.74, 6) is 0.664. The molecule has 6 nitrogen and oxygen atoms in total. The van der Waals surface area contributed by atoms with Gasteiger partial charge >= 0.3 is 0 Å². The fourth-order valence-electron chi connectivity index (χ4n) is 4.98. The first-order valence-electron chi connectivity index (χ1n) is 14.5. The predicted molar refractivity (Wildman–Crippen MR) is 163 cm³/mol. The molecule has 0 aliphatic carbocycles. The Balaban J connectivity index is 1.82. The van der Waals surface area contributed by atoms with Gasteiger partial charge in [0.2, 0.25) is 5.91 Å². The van der Waals surface area contributed by atoms with Crippen LogP contribution in [-0.4, -0.2) is 52.4 Å². The molecule has 1 unspecified atom stereocenters. The second kappa shape index (κ2) is 15.8. The van der Waals surface area contributed by atoms with Crippen molar-refractivity contribution in [3.05, 3.63) is 69.7 Å². The van der Waals surface area contributed by atoms with E-state index in [2.05, 4.69) is 11.8 Å². The number of benzene rings is 2. The number of hydrogen-bond acceptors (Lipinski definition) is 4. The van der Waals surface area contributed by atoms with Gasteiger partial charge in [0.15, 0.2) is 0 Å². The average molecular weight is 553 g/mol. The quantitative estimate of drug-likeness (QED) is 0.174. The molecule has 212 valence electrons. The summed E-state index contributed by atoms with van der Waals surface area (Å²) in [6.45, 7) is 5.51. The number of rotatable bonds is 16. The zero-order chi connectivity index (χ0) is 28.2. The Morgan fingerprint density at radius 2 is 1.51 bits per heavy atom. The maximum Gasteiger partial charge on any atom is 0.266 e. The number of nitrogens with zero attached hydrogens (tertiary/aromatic N) is 4. The molecule has 39 heavy (non-hydrogen) atoms. The topological polar surface area (TPSA) is 58.4 Å². The van der Waals surface area contributed by atoms with Crippen molar-refractivity contribution in [2.75, 3.05) is 27.2 Å². The molecule has 3 aromatic rings. The molecule has 0 spiro atoms. The largest absolute Gasteiger partial charge is 0.331 e. The summed E-state index contributed by atoms with van der Waals surface area (Å²) < 4.78 is 1.64. The average Bonchev–Trinajstić information content (AvgIpc) is 2.92. The molecule has 0 aliphatic rings. The van der Waals surface area contributed by atoms with E-state index in [9.17, 15) is 9.59 Å². The van der Waals surface area contributed by atoms with Crippen LogP contribution in [0.3, 0.4) is 0 Å². The van der Waals surface area contributed by atoms with Crippen LogP contribution in [0, 0.1) is 0 Å². The van der Waals surface area contributed by atoms with Crippen LogP contribution in [0.5, 0.6) is 0 Å². The van der Waals surface area contributed by atoms with Gasteiger partial charge < -0.3 is 9.80 Å². The minimum absolute atomic E-state index is 0.109. The molecule has 0 radical (unpaired) electrons. The summed E-state index contributed by atoms with van der Waals surface area (Å²) in [6, 6.07) is 14.2. The second-order valence-electron chi connectivity index (χ2n) is 10.7. The third-order valence-corrected chi connectivity index (χ3v) is 7.58. The molecule has 1 heterocycles. The van der Waals surface area contributed by atoms with E-state index in [1.165, 1.54) is 44.9 Å². The molecule has 0 saturated heterocycles. The van der Waals surface area contributed by atoms with Gasteiger partial charge in [-0.3, -0.25) is 14.2 Å². The minimum atomic E-state index is -0.385. The van der Waals surface area contributed by atoms with Crippen molar-refractivity contribution in [3.8, 4) is 5.69 Å². The lowest BCUT2D eigenvalue weighted by molar-refractivity contribution is -0.133. The highest BCUT2D eigenvalue weighted by Crippen LogP contribution is 2.25. The van der Waals surface area contributed by atoms with Gasteiger partial charge in [0.1, 0.15) is 5.82 Å². The van der Waals surface area contributed by atoms with Crippen LogP contribution in [0.15, 0.2) is 53.3 Å². The SMILES string of the molecule is CCCCCCCCCCCC(=O)N(CCN(C)C)C(C)c1nc2ccccc2c(=O)n1-c1ccc(Cl)cc1. The maximum absolute atomic E-state index is 13.7. The number of amides is 1. The first-order chi connectivity index (χ1) is 18.8. The Morgan fingerprint density at radius 1 is 0.897 bits per heavy atom. The van der Waals surface area contributed by atoms with Crippen molar-refractivity contribution in [3.63, 3.8) is 0 Å². The van der Waals surface area contributed by atoms with E-state index in [0.29, 0.717) is 40.4 Å². The number of para-hydroxylation sites is 1. The fraction of sp³-hybridized carbons (Fsp3) is 0.531. The number of carbonyl (C=O) groups is 1. The maximum atomic E-state index is 13.7. The van der Waals surface area contributed by atoms with Gasteiger partial charge in [-0.2, -0.15) is 0 Å². The highest BCUT2D eigenvalue weighted by Gasteiger charge is 2.26. The summed E-state index contributed by atoms with van der Waals surface area (Å²) in [6.07, 6.45) is 11.4. The van der Waals surface area contributed by atoms with E-state index in [1.54, 1.807) is 22.8 Å². The monoisotopic (exact) mass is 552 g/mol. The van der Waals surface area contributed by atoms with Gasteiger partial charge in [-0.15, -0.1) is 0 Å². The molecule has 1 amide bonds. The summed E-state index contributed by atoms with van der Waals surface area (Å²) >= 11 is 6.15. The van der Waals surface area contributed by atoms with E-state index < -0.39 is 0 Å². The Labute approximate surface area is 239 Å². The highest BCUT2D eigenvalue weighted by molar-refractivity contribution is 6.30. The molecule has 1 aromatic heterocycles. The van der Waals surface area contributed by atoms with E-state index in [0.717, 1.165) is 19.4 Å². The van der Waals surface area contributed by atoms with Crippen molar-refractivity contribution < 1.29 is 4.79 Å². The van der Waals surface area contributed by atoms with Crippen LogP contribution in [-0.2, 0) is 4.79 Å². The number of hydrogen-bond donors (Lipinski definition) is 0. The Morgan fingerprint density at radius 3 is 2.15 bits per heavy atom. The van der Waals surface area contributed by atoms with Gasteiger partial charge in [-0.1, -0.05) is 82.0 Å².